The quantitative estimate of drug-likeness (QED) is 0.577. The van der Waals surface area contributed by atoms with E-state index < -0.39 is 10.0 Å². The molecule has 5 heteroatoms. The highest BCUT2D eigenvalue weighted by molar-refractivity contribution is 7.89. The van der Waals surface area contributed by atoms with Crippen LogP contribution in [-0.2, 0) is 10.0 Å². The van der Waals surface area contributed by atoms with Crippen LogP contribution in [0.4, 0.5) is 0 Å². The average Bonchev–Trinajstić information content (AvgIpc) is 2.16. The Morgan fingerprint density at radius 1 is 1.06 bits per heavy atom. The van der Waals surface area contributed by atoms with Gasteiger partial charge in [-0.05, 0) is 6.42 Å². The van der Waals surface area contributed by atoms with Gasteiger partial charge in [0.1, 0.15) is 0 Å². The van der Waals surface area contributed by atoms with Crippen molar-refractivity contribution in [1.82, 2.24) is 10.0 Å². The Bertz CT molecular complexity index is 251. The standard InChI is InChI=1S/C11H26N2O2S/c1-4-5-6-7-8-13-16(14,15)10-9-12-11(2)3/h11-13H,4-10H2,1-3H3. The third-order valence-electron chi connectivity index (χ3n) is 2.28. The van der Waals surface area contributed by atoms with Crippen molar-refractivity contribution in [3.63, 3.8) is 0 Å². The van der Waals surface area contributed by atoms with Gasteiger partial charge in [0.2, 0.25) is 10.0 Å². The zero-order valence-electron chi connectivity index (χ0n) is 10.8. The van der Waals surface area contributed by atoms with Crippen molar-refractivity contribution in [3.05, 3.63) is 0 Å². The Hall–Kier alpha value is -0.130. The summed E-state index contributed by atoms with van der Waals surface area (Å²) in [7, 11) is -3.08. The van der Waals surface area contributed by atoms with Crippen LogP contribution in [0.15, 0.2) is 0 Å². The molecule has 98 valence electrons. The van der Waals surface area contributed by atoms with Gasteiger partial charge >= 0.3 is 0 Å². The Morgan fingerprint density at radius 3 is 2.31 bits per heavy atom. The third-order valence-corrected chi connectivity index (χ3v) is 3.66. The minimum atomic E-state index is -3.08. The molecule has 0 aliphatic rings. The summed E-state index contributed by atoms with van der Waals surface area (Å²) in [6.07, 6.45) is 4.38. The van der Waals surface area contributed by atoms with Crippen LogP contribution in [0.3, 0.4) is 0 Å². The fourth-order valence-electron chi connectivity index (χ4n) is 1.33. The molecule has 4 nitrogen and oxygen atoms in total. The monoisotopic (exact) mass is 250 g/mol. The summed E-state index contributed by atoms with van der Waals surface area (Å²) in [6, 6.07) is 0.333. The van der Waals surface area contributed by atoms with Crippen LogP contribution in [0, 0.1) is 0 Å². The van der Waals surface area contributed by atoms with Crippen LogP contribution < -0.4 is 10.0 Å². The van der Waals surface area contributed by atoms with E-state index in [2.05, 4.69) is 17.0 Å². The van der Waals surface area contributed by atoms with Crippen molar-refractivity contribution in [1.29, 1.82) is 0 Å². The number of hydrogen-bond donors (Lipinski definition) is 2. The summed E-state index contributed by atoms with van der Waals surface area (Å²) in [4.78, 5) is 0. The highest BCUT2D eigenvalue weighted by Crippen LogP contribution is 1.97. The van der Waals surface area contributed by atoms with Crippen molar-refractivity contribution >= 4 is 10.0 Å². The topological polar surface area (TPSA) is 58.2 Å². The second-order valence-electron chi connectivity index (χ2n) is 4.38. The minimum absolute atomic E-state index is 0.166. The van der Waals surface area contributed by atoms with Crippen LogP contribution >= 0.6 is 0 Å². The smallest absolute Gasteiger partial charge is 0.212 e. The van der Waals surface area contributed by atoms with Gasteiger partial charge in [-0.15, -0.1) is 0 Å². The zero-order chi connectivity index (χ0) is 12.4. The van der Waals surface area contributed by atoms with Gasteiger partial charge in [-0.25, -0.2) is 13.1 Å². The molecule has 0 bridgehead atoms. The maximum absolute atomic E-state index is 11.5. The Morgan fingerprint density at radius 2 is 1.75 bits per heavy atom. The molecule has 0 amide bonds. The van der Waals surface area contributed by atoms with Gasteiger partial charge < -0.3 is 5.32 Å². The molecular formula is C11H26N2O2S. The highest BCUT2D eigenvalue weighted by atomic mass is 32.2. The van der Waals surface area contributed by atoms with Gasteiger partial charge in [0.25, 0.3) is 0 Å². The number of rotatable bonds is 10. The van der Waals surface area contributed by atoms with E-state index in [1.165, 1.54) is 12.8 Å². The second kappa shape index (κ2) is 8.96. The molecule has 0 radical (unpaired) electrons. The SMILES string of the molecule is CCCCCCNS(=O)(=O)CCNC(C)C. The first-order valence-electron chi connectivity index (χ1n) is 6.18. The largest absolute Gasteiger partial charge is 0.313 e. The van der Waals surface area contributed by atoms with Crippen LogP contribution in [0.5, 0.6) is 0 Å². The maximum Gasteiger partial charge on any atom is 0.212 e. The molecule has 0 fully saturated rings. The number of unbranched alkanes of at least 4 members (excludes halogenated alkanes) is 3. The molecular weight excluding hydrogens is 224 g/mol. The van der Waals surface area contributed by atoms with Gasteiger partial charge in [-0.2, -0.15) is 0 Å². The van der Waals surface area contributed by atoms with Crippen molar-refractivity contribution < 1.29 is 8.42 Å². The van der Waals surface area contributed by atoms with Gasteiger partial charge in [-0.1, -0.05) is 40.0 Å². The normalized spacial score (nSPS) is 12.2. The minimum Gasteiger partial charge on any atom is -0.313 e. The van der Waals surface area contributed by atoms with E-state index in [0.29, 0.717) is 19.1 Å². The lowest BCUT2D eigenvalue weighted by molar-refractivity contribution is 0.561. The van der Waals surface area contributed by atoms with E-state index in [1.54, 1.807) is 0 Å². The molecule has 0 saturated heterocycles. The van der Waals surface area contributed by atoms with E-state index in [1.807, 2.05) is 13.8 Å². The molecule has 2 N–H and O–H groups in total. The first-order chi connectivity index (χ1) is 7.48. The fourth-order valence-corrected chi connectivity index (χ4v) is 2.32. The number of hydrogen-bond acceptors (Lipinski definition) is 3. The van der Waals surface area contributed by atoms with Gasteiger partial charge in [-0.3, -0.25) is 0 Å². The second-order valence-corrected chi connectivity index (χ2v) is 6.31. The van der Waals surface area contributed by atoms with E-state index in [4.69, 9.17) is 0 Å². The highest BCUT2D eigenvalue weighted by Gasteiger charge is 2.08. The lowest BCUT2D eigenvalue weighted by Gasteiger charge is -2.09. The predicted molar refractivity (Wildman–Crippen MR) is 69.1 cm³/mol. The molecule has 0 aromatic heterocycles. The lowest BCUT2D eigenvalue weighted by atomic mass is 10.2. The molecule has 0 atom stereocenters. The molecule has 0 heterocycles. The van der Waals surface area contributed by atoms with E-state index in [-0.39, 0.29) is 5.75 Å². The molecule has 0 saturated carbocycles. The van der Waals surface area contributed by atoms with Crippen molar-refractivity contribution in [3.8, 4) is 0 Å². The van der Waals surface area contributed by atoms with Crippen LogP contribution in [0.2, 0.25) is 0 Å². The van der Waals surface area contributed by atoms with Crippen molar-refractivity contribution in [2.75, 3.05) is 18.8 Å². The fraction of sp³-hybridized carbons (Fsp3) is 1.00. The van der Waals surface area contributed by atoms with Gasteiger partial charge in [0, 0.05) is 19.1 Å². The third kappa shape index (κ3) is 10.4. The number of sulfonamides is 1. The van der Waals surface area contributed by atoms with E-state index in [9.17, 15) is 8.42 Å². The first kappa shape index (κ1) is 15.9. The Balaban J connectivity index is 3.55. The van der Waals surface area contributed by atoms with Crippen molar-refractivity contribution in [2.24, 2.45) is 0 Å². The van der Waals surface area contributed by atoms with Gasteiger partial charge in [0.05, 0.1) is 5.75 Å². The molecule has 0 aromatic carbocycles. The van der Waals surface area contributed by atoms with E-state index >= 15 is 0 Å². The summed E-state index contributed by atoms with van der Waals surface area (Å²) in [5, 5.41) is 3.09. The van der Waals surface area contributed by atoms with E-state index in [0.717, 1.165) is 12.8 Å². The molecule has 0 aromatic rings. The van der Waals surface area contributed by atoms with Gasteiger partial charge in [0.15, 0.2) is 0 Å². The first-order valence-corrected chi connectivity index (χ1v) is 7.84. The summed E-state index contributed by atoms with van der Waals surface area (Å²) in [6.45, 7) is 7.24. The lowest BCUT2D eigenvalue weighted by Crippen LogP contribution is -2.34. The van der Waals surface area contributed by atoms with Crippen LogP contribution in [0.1, 0.15) is 46.5 Å². The molecule has 0 unspecified atom stereocenters. The predicted octanol–water partition coefficient (Wildman–Crippen LogP) is 1.48. The average molecular weight is 250 g/mol. The molecule has 0 rings (SSSR count). The molecule has 0 spiro atoms. The maximum atomic E-state index is 11.5. The molecule has 0 aliphatic carbocycles. The number of nitrogens with one attached hydrogen (secondary N) is 2. The molecule has 0 aliphatic heterocycles. The van der Waals surface area contributed by atoms with Crippen LogP contribution in [0.25, 0.3) is 0 Å². The summed E-state index contributed by atoms with van der Waals surface area (Å²) in [5.74, 6) is 0.166. The van der Waals surface area contributed by atoms with Crippen LogP contribution in [-0.4, -0.2) is 33.3 Å². The summed E-state index contributed by atoms with van der Waals surface area (Å²) < 4.78 is 25.6. The molecule has 16 heavy (non-hydrogen) atoms. The summed E-state index contributed by atoms with van der Waals surface area (Å²) >= 11 is 0. The van der Waals surface area contributed by atoms with Crippen molar-refractivity contribution in [2.45, 2.75) is 52.5 Å². The zero-order valence-corrected chi connectivity index (χ0v) is 11.6. The Labute approximate surface area is 100 Å². The Kier molecular flexibility index (Phi) is 8.89. The summed E-state index contributed by atoms with van der Waals surface area (Å²) in [5.41, 5.74) is 0.